The number of carbonyl (C=O) groups is 3. The minimum absolute atomic E-state index is 0.225. The van der Waals surface area contributed by atoms with Crippen molar-refractivity contribution >= 4 is 17.8 Å². The standard InChI is InChI=1S/C13H13NO4/c15-11-8-4-7-10(13(17)18)14(11)12(16)9-5-2-1-3-6-9/h1-3,5-6,10H,4,7-8H2,(H,17,18). The number of benzene rings is 1. The highest BCUT2D eigenvalue weighted by Gasteiger charge is 2.37. The molecule has 2 rings (SSSR count). The molecule has 0 aliphatic carbocycles. The molecule has 1 unspecified atom stereocenters. The van der Waals surface area contributed by atoms with Gasteiger partial charge in [-0.25, -0.2) is 4.79 Å². The fraction of sp³-hybridized carbons (Fsp3) is 0.308. The predicted octanol–water partition coefficient (Wildman–Crippen LogP) is 1.29. The number of amides is 2. The normalized spacial score (nSPS) is 19.7. The Morgan fingerprint density at radius 3 is 2.50 bits per heavy atom. The van der Waals surface area contributed by atoms with E-state index in [1.54, 1.807) is 30.3 Å². The average molecular weight is 247 g/mol. The molecular weight excluding hydrogens is 234 g/mol. The lowest BCUT2D eigenvalue weighted by Gasteiger charge is -2.31. The first kappa shape index (κ1) is 12.3. The molecule has 1 aliphatic heterocycles. The molecule has 1 aromatic rings. The van der Waals surface area contributed by atoms with Crippen molar-refractivity contribution in [3.63, 3.8) is 0 Å². The van der Waals surface area contributed by atoms with E-state index in [1.807, 2.05) is 0 Å². The Morgan fingerprint density at radius 2 is 1.89 bits per heavy atom. The van der Waals surface area contributed by atoms with Crippen LogP contribution in [0.3, 0.4) is 0 Å². The Morgan fingerprint density at radius 1 is 1.22 bits per heavy atom. The van der Waals surface area contributed by atoms with E-state index in [9.17, 15) is 14.4 Å². The predicted molar refractivity (Wildman–Crippen MR) is 62.9 cm³/mol. The van der Waals surface area contributed by atoms with E-state index in [1.165, 1.54) is 0 Å². The van der Waals surface area contributed by atoms with Gasteiger partial charge in [0.15, 0.2) is 0 Å². The van der Waals surface area contributed by atoms with Crippen molar-refractivity contribution in [2.24, 2.45) is 0 Å². The minimum atomic E-state index is -1.13. The molecule has 5 heteroatoms. The molecule has 0 saturated carbocycles. The number of imide groups is 1. The monoisotopic (exact) mass is 247 g/mol. The number of piperidine rings is 1. The van der Waals surface area contributed by atoms with Crippen LogP contribution in [0.4, 0.5) is 0 Å². The van der Waals surface area contributed by atoms with E-state index in [-0.39, 0.29) is 6.42 Å². The summed E-state index contributed by atoms with van der Waals surface area (Å²) in [4.78, 5) is 35.9. The summed E-state index contributed by atoms with van der Waals surface area (Å²) >= 11 is 0. The van der Waals surface area contributed by atoms with Gasteiger partial charge in [-0.15, -0.1) is 0 Å². The van der Waals surface area contributed by atoms with Crippen LogP contribution in [0, 0.1) is 0 Å². The average Bonchev–Trinajstić information content (AvgIpc) is 2.38. The van der Waals surface area contributed by atoms with Crippen LogP contribution in [-0.2, 0) is 9.59 Å². The van der Waals surface area contributed by atoms with Crippen LogP contribution in [0.5, 0.6) is 0 Å². The molecule has 1 saturated heterocycles. The summed E-state index contributed by atoms with van der Waals surface area (Å²) in [7, 11) is 0. The van der Waals surface area contributed by atoms with Gasteiger partial charge in [0.05, 0.1) is 0 Å². The highest BCUT2D eigenvalue weighted by molar-refractivity contribution is 6.07. The number of carboxylic acids is 1. The number of rotatable bonds is 2. The van der Waals surface area contributed by atoms with E-state index in [0.29, 0.717) is 18.4 Å². The number of hydrogen-bond acceptors (Lipinski definition) is 3. The van der Waals surface area contributed by atoms with Crippen LogP contribution < -0.4 is 0 Å². The van der Waals surface area contributed by atoms with Crippen LogP contribution in [0.15, 0.2) is 30.3 Å². The second kappa shape index (κ2) is 5.00. The van der Waals surface area contributed by atoms with E-state index in [4.69, 9.17) is 5.11 Å². The van der Waals surface area contributed by atoms with E-state index >= 15 is 0 Å². The molecule has 2 amide bonds. The number of hydrogen-bond donors (Lipinski definition) is 1. The number of nitrogens with zero attached hydrogens (tertiary/aromatic N) is 1. The third kappa shape index (κ3) is 2.25. The lowest BCUT2D eigenvalue weighted by molar-refractivity contribution is -0.150. The molecule has 1 aromatic carbocycles. The fourth-order valence-corrected chi connectivity index (χ4v) is 2.08. The maximum absolute atomic E-state index is 12.2. The zero-order valence-electron chi connectivity index (χ0n) is 9.70. The molecular formula is C13H13NO4. The summed E-state index contributed by atoms with van der Waals surface area (Å²) in [5, 5.41) is 9.08. The topological polar surface area (TPSA) is 74.7 Å². The van der Waals surface area contributed by atoms with Crippen molar-refractivity contribution in [2.75, 3.05) is 0 Å². The first-order chi connectivity index (χ1) is 8.61. The van der Waals surface area contributed by atoms with Gasteiger partial charge in [0.2, 0.25) is 5.91 Å². The van der Waals surface area contributed by atoms with E-state index in [0.717, 1.165) is 4.90 Å². The maximum atomic E-state index is 12.2. The quantitative estimate of drug-likeness (QED) is 0.799. The Balaban J connectivity index is 2.31. The van der Waals surface area contributed by atoms with Crippen molar-refractivity contribution < 1.29 is 19.5 Å². The van der Waals surface area contributed by atoms with Crippen LogP contribution in [0.25, 0.3) is 0 Å². The van der Waals surface area contributed by atoms with Crippen molar-refractivity contribution in [3.05, 3.63) is 35.9 Å². The second-order valence-electron chi connectivity index (χ2n) is 4.18. The lowest BCUT2D eigenvalue weighted by Crippen LogP contribution is -2.51. The van der Waals surface area contributed by atoms with E-state index in [2.05, 4.69) is 0 Å². The number of likely N-dealkylation sites (tertiary alicyclic amines) is 1. The molecule has 1 atom stereocenters. The minimum Gasteiger partial charge on any atom is -0.480 e. The SMILES string of the molecule is O=C(O)C1CCCC(=O)N1C(=O)c1ccccc1. The molecule has 0 aromatic heterocycles. The number of carboxylic acid groups (broad SMARTS) is 1. The molecule has 1 N–H and O–H groups in total. The van der Waals surface area contributed by atoms with Crippen LogP contribution in [0.2, 0.25) is 0 Å². The van der Waals surface area contributed by atoms with Crippen molar-refractivity contribution in [2.45, 2.75) is 25.3 Å². The largest absolute Gasteiger partial charge is 0.480 e. The third-order valence-electron chi connectivity index (χ3n) is 2.97. The van der Waals surface area contributed by atoms with Gasteiger partial charge < -0.3 is 5.11 Å². The summed E-state index contributed by atoms with van der Waals surface area (Å²) in [6.45, 7) is 0. The summed E-state index contributed by atoms with van der Waals surface area (Å²) in [5.41, 5.74) is 0.332. The number of aliphatic carboxylic acids is 1. The van der Waals surface area contributed by atoms with Gasteiger partial charge in [0, 0.05) is 12.0 Å². The first-order valence-corrected chi connectivity index (χ1v) is 5.75. The Kier molecular flexibility index (Phi) is 3.41. The van der Waals surface area contributed by atoms with Crippen molar-refractivity contribution in [3.8, 4) is 0 Å². The molecule has 0 spiro atoms. The molecule has 1 fully saturated rings. The Labute approximate surface area is 104 Å². The molecule has 0 radical (unpaired) electrons. The van der Waals surface area contributed by atoms with Gasteiger partial charge in [-0.1, -0.05) is 18.2 Å². The summed E-state index contributed by atoms with van der Waals surface area (Å²) < 4.78 is 0. The summed E-state index contributed by atoms with van der Waals surface area (Å²) in [6.07, 6.45) is 1.05. The van der Waals surface area contributed by atoms with Gasteiger partial charge >= 0.3 is 5.97 Å². The zero-order valence-corrected chi connectivity index (χ0v) is 9.70. The van der Waals surface area contributed by atoms with Crippen LogP contribution in [0.1, 0.15) is 29.6 Å². The van der Waals surface area contributed by atoms with Crippen LogP contribution >= 0.6 is 0 Å². The molecule has 1 heterocycles. The first-order valence-electron chi connectivity index (χ1n) is 5.75. The fourth-order valence-electron chi connectivity index (χ4n) is 2.08. The number of carbonyl (C=O) groups excluding carboxylic acids is 2. The highest BCUT2D eigenvalue weighted by atomic mass is 16.4. The van der Waals surface area contributed by atoms with Crippen LogP contribution in [-0.4, -0.2) is 33.8 Å². The molecule has 0 bridgehead atoms. The van der Waals surface area contributed by atoms with Gasteiger partial charge in [0.1, 0.15) is 6.04 Å². The lowest BCUT2D eigenvalue weighted by atomic mass is 10.0. The van der Waals surface area contributed by atoms with Gasteiger partial charge in [-0.05, 0) is 25.0 Å². The zero-order chi connectivity index (χ0) is 13.1. The molecule has 94 valence electrons. The Bertz CT molecular complexity index is 483. The maximum Gasteiger partial charge on any atom is 0.326 e. The summed E-state index contributed by atoms with van der Waals surface area (Å²) in [5.74, 6) is -2.08. The smallest absolute Gasteiger partial charge is 0.326 e. The van der Waals surface area contributed by atoms with Gasteiger partial charge in [0.25, 0.3) is 5.91 Å². The third-order valence-corrected chi connectivity index (χ3v) is 2.97. The molecule has 18 heavy (non-hydrogen) atoms. The molecule has 1 aliphatic rings. The van der Waals surface area contributed by atoms with Gasteiger partial charge in [-0.2, -0.15) is 0 Å². The second-order valence-corrected chi connectivity index (χ2v) is 4.18. The highest BCUT2D eigenvalue weighted by Crippen LogP contribution is 2.21. The van der Waals surface area contributed by atoms with Crippen molar-refractivity contribution in [1.82, 2.24) is 4.90 Å². The molecule has 5 nitrogen and oxygen atoms in total. The summed E-state index contributed by atoms with van der Waals surface area (Å²) in [6, 6.07) is 7.21. The van der Waals surface area contributed by atoms with E-state index < -0.39 is 23.8 Å². The van der Waals surface area contributed by atoms with Gasteiger partial charge in [-0.3, -0.25) is 14.5 Å². The van der Waals surface area contributed by atoms with Crippen molar-refractivity contribution in [1.29, 1.82) is 0 Å². The Hall–Kier alpha value is -2.17.